The highest BCUT2D eigenvalue weighted by molar-refractivity contribution is 6.54. The molecule has 0 aromatic carbocycles. The number of nitrogens with one attached hydrogen (secondary N) is 1. The van der Waals surface area contributed by atoms with E-state index in [2.05, 4.69) is 59.9 Å². The van der Waals surface area contributed by atoms with Gasteiger partial charge in [-0.05, 0) is 57.8 Å². The van der Waals surface area contributed by atoms with E-state index in [4.69, 9.17) is 9.31 Å². The lowest BCUT2D eigenvalue weighted by Gasteiger charge is -2.45. The average Bonchev–Trinajstić information content (AvgIpc) is 2.73. The minimum Gasteiger partial charge on any atom is -0.400 e. The van der Waals surface area contributed by atoms with Crippen LogP contribution in [0.15, 0.2) is 11.5 Å². The third-order valence-electron chi connectivity index (χ3n) is 6.26. The van der Waals surface area contributed by atoms with Crippen molar-refractivity contribution in [2.24, 2.45) is 5.41 Å². The molecule has 2 saturated heterocycles. The topological polar surface area (TPSA) is 30.5 Å². The molecule has 4 heteroatoms. The predicted octanol–water partition coefficient (Wildman–Crippen LogP) is 3.48. The molecule has 0 spiro atoms. The zero-order chi connectivity index (χ0) is 15.7. The summed E-state index contributed by atoms with van der Waals surface area (Å²) in [6.45, 7) is 15.5. The summed E-state index contributed by atoms with van der Waals surface area (Å²) in [6, 6.07) is 0.479. The van der Waals surface area contributed by atoms with Gasteiger partial charge in [-0.15, -0.1) is 0 Å². The Balaban J connectivity index is 1.86. The first-order valence-corrected chi connectivity index (χ1v) is 8.30. The zero-order valence-corrected chi connectivity index (χ0v) is 14.7. The van der Waals surface area contributed by atoms with Gasteiger partial charge < -0.3 is 14.6 Å². The van der Waals surface area contributed by atoms with Gasteiger partial charge in [0.05, 0.1) is 11.2 Å². The quantitative estimate of drug-likeness (QED) is 0.750. The summed E-state index contributed by atoms with van der Waals surface area (Å²) in [7, 11) is -0.181. The largest absolute Gasteiger partial charge is 0.490 e. The molecule has 3 aliphatic rings. The van der Waals surface area contributed by atoms with E-state index in [1.165, 1.54) is 18.3 Å². The van der Waals surface area contributed by atoms with Crippen LogP contribution in [-0.4, -0.2) is 29.9 Å². The molecule has 0 aromatic heterocycles. The van der Waals surface area contributed by atoms with E-state index in [-0.39, 0.29) is 29.3 Å². The molecule has 2 atom stereocenters. The van der Waals surface area contributed by atoms with Crippen molar-refractivity contribution in [2.75, 3.05) is 0 Å². The van der Waals surface area contributed by atoms with Gasteiger partial charge in [0, 0.05) is 11.6 Å². The van der Waals surface area contributed by atoms with Gasteiger partial charge in [-0.3, -0.25) is 0 Å². The van der Waals surface area contributed by atoms with Gasteiger partial charge in [0.2, 0.25) is 0 Å². The molecule has 3 nitrogen and oxygen atoms in total. The van der Waals surface area contributed by atoms with E-state index in [0.29, 0.717) is 6.04 Å². The molecule has 2 bridgehead atoms. The van der Waals surface area contributed by atoms with Crippen LogP contribution in [-0.2, 0) is 9.31 Å². The maximum Gasteiger partial charge on any atom is 0.490 e. The molecule has 0 amide bonds. The minimum absolute atomic E-state index is 0.181. The molecule has 21 heavy (non-hydrogen) atoms. The second kappa shape index (κ2) is 4.36. The summed E-state index contributed by atoms with van der Waals surface area (Å²) in [4.78, 5) is 0. The first kappa shape index (κ1) is 15.6. The van der Waals surface area contributed by atoms with Crippen LogP contribution < -0.4 is 5.32 Å². The number of hydrogen-bond acceptors (Lipinski definition) is 3. The molecule has 3 aliphatic heterocycles. The van der Waals surface area contributed by atoms with Gasteiger partial charge in [0.1, 0.15) is 0 Å². The van der Waals surface area contributed by atoms with Gasteiger partial charge in [0.25, 0.3) is 0 Å². The Morgan fingerprint density at radius 1 is 1.14 bits per heavy atom. The fourth-order valence-corrected chi connectivity index (χ4v) is 3.84. The number of rotatable bonds is 1. The lowest BCUT2D eigenvalue weighted by molar-refractivity contribution is 0.00578. The van der Waals surface area contributed by atoms with Crippen LogP contribution in [0, 0.1) is 5.41 Å². The SMILES string of the molecule is CC(C)(C)C12CCC(C=C(B3OC(C)(C)C(C)(C)O3)C1)N2. The summed E-state index contributed by atoms with van der Waals surface area (Å²) in [6.07, 6.45) is 5.85. The second-order valence-electron chi connectivity index (χ2n) is 9.13. The smallest absolute Gasteiger partial charge is 0.400 e. The fourth-order valence-electron chi connectivity index (χ4n) is 3.84. The molecule has 2 unspecified atom stereocenters. The van der Waals surface area contributed by atoms with Crippen molar-refractivity contribution in [1.82, 2.24) is 5.32 Å². The maximum absolute atomic E-state index is 6.27. The lowest BCUT2D eigenvalue weighted by atomic mass is 9.63. The van der Waals surface area contributed by atoms with E-state index in [0.717, 1.165) is 6.42 Å². The second-order valence-corrected chi connectivity index (χ2v) is 9.13. The van der Waals surface area contributed by atoms with Crippen LogP contribution in [0.1, 0.15) is 67.7 Å². The molecular weight excluding hydrogens is 261 g/mol. The summed E-state index contributed by atoms with van der Waals surface area (Å²) in [5.74, 6) is 0. The highest BCUT2D eigenvalue weighted by Gasteiger charge is 2.56. The predicted molar refractivity (Wildman–Crippen MR) is 87.1 cm³/mol. The summed E-state index contributed by atoms with van der Waals surface area (Å²) >= 11 is 0. The van der Waals surface area contributed by atoms with Crippen molar-refractivity contribution in [3.8, 4) is 0 Å². The normalized spacial score (nSPS) is 37.8. The van der Waals surface area contributed by atoms with Crippen LogP contribution in [0.2, 0.25) is 0 Å². The standard InChI is InChI=1S/C17H30BNO2/c1-14(2,3)17-9-8-13(19-17)10-12(11-17)18-20-15(4,5)16(6,7)21-18/h10,13,19H,8-9,11H2,1-7H3. The van der Waals surface area contributed by atoms with Gasteiger partial charge >= 0.3 is 7.12 Å². The Hall–Kier alpha value is -0.315. The van der Waals surface area contributed by atoms with Crippen molar-refractivity contribution in [3.63, 3.8) is 0 Å². The molecule has 0 aliphatic carbocycles. The first-order chi connectivity index (χ1) is 9.46. The molecule has 1 N–H and O–H groups in total. The van der Waals surface area contributed by atoms with Crippen molar-refractivity contribution in [3.05, 3.63) is 11.5 Å². The Bertz CT molecular complexity index is 462. The van der Waals surface area contributed by atoms with E-state index in [9.17, 15) is 0 Å². The average molecular weight is 291 g/mol. The Labute approximate surface area is 130 Å². The van der Waals surface area contributed by atoms with Crippen LogP contribution in [0.5, 0.6) is 0 Å². The zero-order valence-electron chi connectivity index (χ0n) is 14.7. The van der Waals surface area contributed by atoms with Gasteiger partial charge in [-0.1, -0.05) is 26.8 Å². The fraction of sp³-hybridized carbons (Fsp3) is 0.882. The summed E-state index contributed by atoms with van der Waals surface area (Å²) in [5.41, 5.74) is 1.26. The number of hydrogen-bond donors (Lipinski definition) is 1. The molecule has 0 aromatic rings. The highest BCUT2D eigenvalue weighted by atomic mass is 16.7. The van der Waals surface area contributed by atoms with E-state index >= 15 is 0 Å². The molecule has 2 fully saturated rings. The van der Waals surface area contributed by atoms with E-state index < -0.39 is 0 Å². The number of fused-ring (bicyclic) bond motifs is 2. The highest BCUT2D eigenvalue weighted by Crippen LogP contribution is 2.49. The Morgan fingerprint density at radius 2 is 1.71 bits per heavy atom. The molecular formula is C17H30BNO2. The van der Waals surface area contributed by atoms with Crippen molar-refractivity contribution in [1.29, 1.82) is 0 Å². The van der Waals surface area contributed by atoms with E-state index in [1.54, 1.807) is 0 Å². The van der Waals surface area contributed by atoms with Gasteiger partial charge in [-0.25, -0.2) is 0 Å². The molecule has 0 radical (unpaired) electrons. The molecule has 118 valence electrons. The Kier molecular flexibility index (Phi) is 3.24. The summed E-state index contributed by atoms with van der Waals surface area (Å²) in [5, 5.41) is 3.85. The van der Waals surface area contributed by atoms with Crippen molar-refractivity contribution >= 4 is 7.12 Å². The first-order valence-electron chi connectivity index (χ1n) is 8.30. The maximum atomic E-state index is 6.27. The molecule has 3 heterocycles. The van der Waals surface area contributed by atoms with Gasteiger partial charge in [-0.2, -0.15) is 0 Å². The van der Waals surface area contributed by atoms with Crippen molar-refractivity contribution in [2.45, 2.75) is 90.5 Å². The third-order valence-corrected chi connectivity index (χ3v) is 6.26. The van der Waals surface area contributed by atoms with Crippen LogP contribution in [0.3, 0.4) is 0 Å². The molecule has 0 saturated carbocycles. The van der Waals surface area contributed by atoms with Crippen LogP contribution in [0.4, 0.5) is 0 Å². The van der Waals surface area contributed by atoms with Crippen molar-refractivity contribution < 1.29 is 9.31 Å². The minimum atomic E-state index is -0.253. The van der Waals surface area contributed by atoms with Crippen LogP contribution >= 0.6 is 0 Å². The lowest BCUT2D eigenvalue weighted by Crippen LogP contribution is -2.55. The van der Waals surface area contributed by atoms with Crippen LogP contribution in [0.25, 0.3) is 0 Å². The van der Waals surface area contributed by atoms with Gasteiger partial charge in [0.15, 0.2) is 0 Å². The Morgan fingerprint density at radius 3 is 2.24 bits per heavy atom. The monoisotopic (exact) mass is 291 g/mol. The molecule has 3 rings (SSSR count). The van der Waals surface area contributed by atoms with E-state index in [1.807, 2.05) is 0 Å². The third kappa shape index (κ3) is 2.30. The summed E-state index contributed by atoms with van der Waals surface area (Å²) < 4.78 is 12.5.